The van der Waals surface area contributed by atoms with Crippen molar-refractivity contribution in [1.82, 2.24) is 4.98 Å². The van der Waals surface area contributed by atoms with E-state index in [1.807, 2.05) is 19.9 Å². The van der Waals surface area contributed by atoms with Crippen LogP contribution in [0.25, 0.3) is 0 Å². The molecule has 0 atom stereocenters. The molecule has 0 aliphatic rings. The number of carbonyl (C=O) groups excluding carboxylic acids is 2. The van der Waals surface area contributed by atoms with Crippen LogP contribution < -0.4 is 16.0 Å². The first-order valence-electron chi connectivity index (χ1n) is 7.35. The summed E-state index contributed by atoms with van der Waals surface area (Å²) in [4.78, 5) is 27.6. The van der Waals surface area contributed by atoms with Gasteiger partial charge in [-0.15, -0.1) is 0 Å². The smallest absolute Gasteiger partial charge is 0.255 e. The molecule has 1 aromatic heterocycles. The van der Waals surface area contributed by atoms with Crippen molar-refractivity contribution >= 4 is 29.0 Å². The van der Waals surface area contributed by atoms with Gasteiger partial charge in [0.15, 0.2) is 0 Å². The predicted molar refractivity (Wildman–Crippen MR) is 91.7 cm³/mol. The quantitative estimate of drug-likeness (QED) is 0.792. The molecule has 3 N–H and O–H groups in total. The predicted octanol–water partition coefficient (Wildman–Crippen LogP) is 3.11. The molecule has 120 valence electrons. The van der Waals surface area contributed by atoms with Crippen molar-refractivity contribution in [2.75, 3.05) is 16.0 Å². The summed E-state index contributed by atoms with van der Waals surface area (Å²) in [6.45, 7) is 5.48. The van der Waals surface area contributed by atoms with Gasteiger partial charge in [-0.2, -0.15) is 0 Å². The number of aromatic nitrogens is 1. The van der Waals surface area contributed by atoms with E-state index in [1.165, 1.54) is 6.92 Å². The number of hydrogen-bond acceptors (Lipinski definition) is 4. The van der Waals surface area contributed by atoms with Crippen LogP contribution in [0.5, 0.6) is 0 Å². The van der Waals surface area contributed by atoms with Crippen molar-refractivity contribution in [2.24, 2.45) is 0 Å². The molecular formula is C17H20N4O2. The zero-order chi connectivity index (χ0) is 16.8. The monoisotopic (exact) mass is 312 g/mol. The standard InChI is InChI=1S/C17H20N4O2/c1-11(2)19-16-8-7-15(10-18-16)21-17(23)13-5-4-6-14(9-13)20-12(3)22/h4-11H,1-3H3,(H,18,19)(H,20,22)(H,21,23). The van der Waals surface area contributed by atoms with Gasteiger partial charge >= 0.3 is 0 Å². The maximum atomic E-state index is 12.2. The SMILES string of the molecule is CC(=O)Nc1cccc(C(=O)Nc2ccc(NC(C)C)nc2)c1. The highest BCUT2D eigenvalue weighted by Gasteiger charge is 2.08. The molecule has 2 aromatic rings. The zero-order valence-electron chi connectivity index (χ0n) is 13.4. The first kappa shape index (κ1) is 16.5. The van der Waals surface area contributed by atoms with Crippen LogP contribution in [0.15, 0.2) is 42.6 Å². The lowest BCUT2D eigenvalue weighted by Crippen LogP contribution is -2.14. The van der Waals surface area contributed by atoms with Gasteiger partial charge in [-0.25, -0.2) is 4.98 Å². The van der Waals surface area contributed by atoms with E-state index in [4.69, 9.17) is 0 Å². The van der Waals surface area contributed by atoms with E-state index in [0.29, 0.717) is 23.0 Å². The molecule has 1 heterocycles. The summed E-state index contributed by atoms with van der Waals surface area (Å²) in [5, 5.41) is 8.61. The summed E-state index contributed by atoms with van der Waals surface area (Å²) in [6, 6.07) is 10.6. The molecule has 23 heavy (non-hydrogen) atoms. The topological polar surface area (TPSA) is 83.1 Å². The summed E-state index contributed by atoms with van der Waals surface area (Å²) in [7, 11) is 0. The van der Waals surface area contributed by atoms with Gasteiger partial charge in [0.2, 0.25) is 5.91 Å². The third-order valence-corrected chi connectivity index (χ3v) is 2.90. The van der Waals surface area contributed by atoms with Gasteiger partial charge in [0.25, 0.3) is 5.91 Å². The molecule has 0 saturated carbocycles. The molecule has 0 aliphatic heterocycles. The Morgan fingerprint density at radius 1 is 1.04 bits per heavy atom. The van der Waals surface area contributed by atoms with Crippen LogP contribution in [0.3, 0.4) is 0 Å². The number of hydrogen-bond donors (Lipinski definition) is 3. The number of amides is 2. The molecule has 0 aliphatic carbocycles. The number of carbonyl (C=O) groups is 2. The van der Waals surface area contributed by atoms with Gasteiger partial charge in [0, 0.05) is 24.2 Å². The Balaban J connectivity index is 2.05. The lowest BCUT2D eigenvalue weighted by Gasteiger charge is -2.10. The van der Waals surface area contributed by atoms with Gasteiger partial charge in [-0.05, 0) is 44.2 Å². The van der Waals surface area contributed by atoms with Crippen molar-refractivity contribution in [3.8, 4) is 0 Å². The number of pyridine rings is 1. The van der Waals surface area contributed by atoms with Gasteiger partial charge in [0.05, 0.1) is 11.9 Å². The minimum absolute atomic E-state index is 0.181. The Morgan fingerprint density at radius 2 is 1.83 bits per heavy atom. The number of rotatable bonds is 5. The van der Waals surface area contributed by atoms with Crippen molar-refractivity contribution in [1.29, 1.82) is 0 Å². The second-order valence-corrected chi connectivity index (χ2v) is 5.45. The van der Waals surface area contributed by atoms with Crippen molar-refractivity contribution in [3.63, 3.8) is 0 Å². The van der Waals surface area contributed by atoms with E-state index in [0.717, 1.165) is 5.82 Å². The summed E-state index contributed by atoms with van der Waals surface area (Å²) < 4.78 is 0. The molecule has 0 radical (unpaired) electrons. The van der Waals surface area contributed by atoms with Crippen LogP contribution >= 0.6 is 0 Å². The van der Waals surface area contributed by atoms with Crippen LogP contribution in [0.1, 0.15) is 31.1 Å². The van der Waals surface area contributed by atoms with E-state index in [1.54, 1.807) is 36.5 Å². The Kier molecular flexibility index (Phi) is 5.30. The minimum Gasteiger partial charge on any atom is -0.368 e. The van der Waals surface area contributed by atoms with Gasteiger partial charge in [-0.1, -0.05) is 6.07 Å². The van der Waals surface area contributed by atoms with Gasteiger partial charge in [-0.3, -0.25) is 9.59 Å². The number of anilines is 3. The zero-order valence-corrected chi connectivity index (χ0v) is 13.4. The minimum atomic E-state index is -0.261. The average Bonchev–Trinajstić information content (AvgIpc) is 2.48. The van der Waals surface area contributed by atoms with Gasteiger partial charge < -0.3 is 16.0 Å². The molecule has 0 unspecified atom stereocenters. The highest BCUT2D eigenvalue weighted by molar-refractivity contribution is 6.05. The van der Waals surface area contributed by atoms with Crippen LogP contribution in [0.4, 0.5) is 17.2 Å². The van der Waals surface area contributed by atoms with Crippen LogP contribution in [0, 0.1) is 0 Å². The maximum Gasteiger partial charge on any atom is 0.255 e. The van der Waals surface area contributed by atoms with Gasteiger partial charge in [0.1, 0.15) is 5.82 Å². The molecule has 2 amide bonds. The van der Waals surface area contributed by atoms with Crippen molar-refractivity contribution < 1.29 is 9.59 Å². The average molecular weight is 312 g/mol. The second kappa shape index (κ2) is 7.40. The van der Waals surface area contributed by atoms with Crippen LogP contribution in [-0.2, 0) is 4.79 Å². The van der Waals surface area contributed by atoms with E-state index in [-0.39, 0.29) is 11.8 Å². The molecular weight excluding hydrogens is 292 g/mol. The third-order valence-electron chi connectivity index (χ3n) is 2.90. The van der Waals surface area contributed by atoms with E-state index in [2.05, 4.69) is 20.9 Å². The van der Waals surface area contributed by atoms with Crippen molar-refractivity contribution in [3.05, 3.63) is 48.2 Å². The molecule has 6 nitrogen and oxygen atoms in total. The van der Waals surface area contributed by atoms with E-state index < -0.39 is 0 Å². The molecule has 1 aromatic carbocycles. The summed E-state index contributed by atoms with van der Waals surface area (Å²) >= 11 is 0. The molecule has 6 heteroatoms. The molecule has 2 rings (SSSR count). The molecule has 0 bridgehead atoms. The van der Waals surface area contributed by atoms with E-state index in [9.17, 15) is 9.59 Å². The lowest BCUT2D eigenvalue weighted by atomic mass is 10.2. The highest BCUT2D eigenvalue weighted by Crippen LogP contribution is 2.14. The normalized spacial score (nSPS) is 10.3. The largest absolute Gasteiger partial charge is 0.368 e. The Labute approximate surface area is 135 Å². The first-order chi connectivity index (χ1) is 10.9. The number of nitrogens with zero attached hydrogens (tertiary/aromatic N) is 1. The molecule has 0 spiro atoms. The summed E-state index contributed by atoms with van der Waals surface area (Å²) in [6.07, 6.45) is 1.60. The fourth-order valence-corrected chi connectivity index (χ4v) is 1.99. The number of nitrogens with one attached hydrogen (secondary N) is 3. The third kappa shape index (κ3) is 5.10. The Hall–Kier alpha value is -2.89. The van der Waals surface area contributed by atoms with Crippen LogP contribution in [0.2, 0.25) is 0 Å². The molecule has 0 saturated heterocycles. The first-order valence-corrected chi connectivity index (χ1v) is 7.35. The summed E-state index contributed by atoms with van der Waals surface area (Å²) in [5.74, 6) is 0.314. The van der Waals surface area contributed by atoms with Crippen LogP contribution in [-0.4, -0.2) is 22.8 Å². The van der Waals surface area contributed by atoms with E-state index >= 15 is 0 Å². The van der Waals surface area contributed by atoms with Crippen molar-refractivity contribution in [2.45, 2.75) is 26.8 Å². The fraction of sp³-hybridized carbons (Fsp3) is 0.235. The lowest BCUT2D eigenvalue weighted by molar-refractivity contribution is -0.114. The fourth-order valence-electron chi connectivity index (χ4n) is 1.99. The Bertz CT molecular complexity index is 696. The molecule has 0 fully saturated rings. The second-order valence-electron chi connectivity index (χ2n) is 5.45. The number of benzene rings is 1. The Morgan fingerprint density at radius 3 is 2.43 bits per heavy atom. The summed E-state index contributed by atoms with van der Waals surface area (Å²) in [5.41, 5.74) is 1.65. The maximum absolute atomic E-state index is 12.2. The highest BCUT2D eigenvalue weighted by atomic mass is 16.2.